The smallest absolute Gasteiger partial charge is 0.265 e. The molecule has 5 heteroatoms. The molecule has 4 rings (SSSR count). The first kappa shape index (κ1) is 17.9. The molecule has 0 fully saturated rings. The molecular weight excluding hydrogens is 468 g/mol. The van der Waals surface area contributed by atoms with Crippen LogP contribution in [0, 0.1) is 0 Å². The summed E-state index contributed by atoms with van der Waals surface area (Å²) in [6.07, 6.45) is 0. The van der Waals surface area contributed by atoms with Crippen LogP contribution in [0.4, 0.5) is 0 Å². The molecule has 0 unspecified atom stereocenters. The van der Waals surface area contributed by atoms with Gasteiger partial charge in [-0.2, -0.15) is 0 Å². The first-order chi connectivity index (χ1) is 13.2. The third kappa shape index (κ3) is 3.40. The number of carbonyl (C=O) groups excluding carboxylic acids is 1. The van der Waals surface area contributed by atoms with Crippen molar-refractivity contribution in [2.75, 3.05) is 0 Å². The van der Waals surface area contributed by atoms with E-state index < -0.39 is 0 Å². The van der Waals surface area contributed by atoms with Crippen molar-refractivity contribution < 1.29 is 4.79 Å². The summed E-state index contributed by atoms with van der Waals surface area (Å²) in [7, 11) is 0. The predicted octanol–water partition coefficient (Wildman–Crippen LogP) is 6.43. The van der Waals surface area contributed by atoms with Crippen molar-refractivity contribution >= 4 is 37.8 Å². The van der Waals surface area contributed by atoms with Gasteiger partial charge in [-0.25, -0.2) is 4.98 Å². The van der Waals surface area contributed by atoms with Crippen molar-refractivity contribution in [2.45, 2.75) is 0 Å². The van der Waals surface area contributed by atoms with E-state index >= 15 is 0 Å². The number of hydrogen-bond donors (Lipinski definition) is 0. The first-order valence-electron chi connectivity index (χ1n) is 8.35. The monoisotopic (exact) mass is 480 g/mol. The van der Waals surface area contributed by atoms with Crippen molar-refractivity contribution in [3.05, 3.63) is 99.7 Å². The molecule has 0 aliphatic rings. The van der Waals surface area contributed by atoms with Gasteiger partial charge in [0, 0.05) is 15.6 Å². The van der Waals surface area contributed by atoms with Gasteiger partial charge in [-0.15, -0.1) is 0 Å². The fourth-order valence-corrected chi connectivity index (χ4v) is 3.96. The summed E-state index contributed by atoms with van der Waals surface area (Å²) in [5.41, 5.74) is 3.97. The molecule has 0 saturated carbocycles. The Kier molecular flexibility index (Phi) is 5.05. The van der Waals surface area contributed by atoms with Crippen molar-refractivity contribution in [1.82, 2.24) is 9.55 Å². The van der Waals surface area contributed by atoms with Gasteiger partial charge in [-0.1, -0.05) is 72.8 Å². The molecule has 3 aromatic carbocycles. The molecule has 3 nitrogen and oxygen atoms in total. The molecule has 132 valence electrons. The van der Waals surface area contributed by atoms with E-state index in [4.69, 9.17) is 0 Å². The molecule has 0 spiro atoms. The van der Waals surface area contributed by atoms with Crippen LogP contribution in [0.3, 0.4) is 0 Å². The number of benzene rings is 3. The topological polar surface area (TPSA) is 34.9 Å². The molecule has 0 N–H and O–H groups in total. The first-order valence-corrected chi connectivity index (χ1v) is 9.93. The molecule has 0 radical (unpaired) electrons. The summed E-state index contributed by atoms with van der Waals surface area (Å²) in [6.45, 7) is 0. The van der Waals surface area contributed by atoms with Crippen LogP contribution >= 0.6 is 31.9 Å². The van der Waals surface area contributed by atoms with Gasteiger partial charge in [-0.3, -0.25) is 9.36 Å². The molecule has 0 aliphatic carbocycles. The highest BCUT2D eigenvalue weighted by molar-refractivity contribution is 9.10. The zero-order valence-corrected chi connectivity index (χ0v) is 17.3. The third-order valence-corrected chi connectivity index (χ3v) is 5.46. The van der Waals surface area contributed by atoms with Crippen LogP contribution in [-0.4, -0.2) is 15.5 Å². The highest BCUT2D eigenvalue weighted by atomic mass is 79.9. The highest BCUT2D eigenvalue weighted by Gasteiger charge is 2.24. The molecular formula is C22H14Br2N2O. The Morgan fingerprint density at radius 1 is 0.741 bits per heavy atom. The van der Waals surface area contributed by atoms with Crippen molar-refractivity contribution in [3.63, 3.8) is 0 Å². The molecule has 0 atom stereocenters. The molecule has 1 heterocycles. The Morgan fingerprint density at radius 2 is 1.30 bits per heavy atom. The molecule has 1 aromatic heterocycles. The van der Waals surface area contributed by atoms with Crippen molar-refractivity contribution in [3.8, 4) is 22.5 Å². The summed E-state index contributed by atoms with van der Waals surface area (Å²) in [5.74, 6) is -0.150. The molecule has 4 aromatic rings. The number of halogens is 2. The molecule has 27 heavy (non-hydrogen) atoms. The van der Waals surface area contributed by atoms with Crippen LogP contribution < -0.4 is 0 Å². The Bertz CT molecular complexity index is 1110. The summed E-state index contributed by atoms with van der Waals surface area (Å²) < 4.78 is 2.84. The van der Waals surface area contributed by atoms with Crippen LogP contribution in [0.1, 0.15) is 10.4 Å². The standard InChI is InChI=1S/C22H14Br2N2O/c23-18-14-8-7-13-17(18)21(27)26-20(16-11-5-2-6-12-16)19(25-22(26)24)15-9-3-1-4-10-15/h1-14H. The van der Waals surface area contributed by atoms with Gasteiger partial charge in [0.1, 0.15) is 0 Å². The third-order valence-electron chi connectivity index (χ3n) is 4.24. The second kappa shape index (κ2) is 7.62. The van der Waals surface area contributed by atoms with Crippen molar-refractivity contribution in [1.29, 1.82) is 0 Å². The van der Waals surface area contributed by atoms with E-state index in [9.17, 15) is 4.79 Å². The van der Waals surface area contributed by atoms with E-state index in [2.05, 4.69) is 36.8 Å². The average Bonchev–Trinajstić information content (AvgIpc) is 3.06. The zero-order valence-electron chi connectivity index (χ0n) is 14.1. The summed E-state index contributed by atoms with van der Waals surface area (Å²) in [5, 5.41) is 0. The van der Waals surface area contributed by atoms with Gasteiger partial charge in [0.25, 0.3) is 5.91 Å². The van der Waals surface area contributed by atoms with Crippen LogP contribution in [-0.2, 0) is 0 Å². The maximum atomic E-state index is 13.4. The van der Waals surface area contributed by atoms with Gasteiger partial charge < -0.3 is 0 Å². The van der Waals surface area contributed by atoms with Gasteiger partial charge >= 0.3 is 0 Å². The van der Waals surface area contributed by atoms with E-state index in [0.717, 1.165) is 27.0 Å². The summed E-state index contributed by atoms with van der Waals surface area (Å²) in [4.78, 5) is 18.1. The zero-order chi connectivity index (χ0) is 18.8. The summed E-state index contributed by atoms with van der Waals surface area (Å²) in [6, 6.07) is 27.1. The van der Waals surface area contributed by atoms with Gasteiger partial charge in [0.15, 0.2) is 4.73 Å². The highest BCUT2D eigenvalue weighted by Crippen LogP contribution is 2.35. The molecule has 0 bridgehead atoms. The van der Waals surface area contributed by atoms with Crippen LogP contribution in [0.25, 0.3) is 22.5 Å². The number of nitrogens with zero attached hydrogens (tertiary/aromatic N) is 2. The van der Waals surface area contributed by atoms with Crippen LogP contribution in [0.5, 0.6) is 0 Å². The Labute approximate surface area is 174 Å². The molecule has 0 amide bonds. The average molecular weight is 482 g/mol. The van der Waals surface area contributed by atoms with Gasteiger partial charge in [0.05, 0.1) is 17.0 Å². The maximum Gasteiger partial charge on any atom is 0.265 e. The maximum absolute atomic E-state index is 13.4. The number of rotatable bonds is 3. The lowest BCUT2D eigenvalue weighted by Gasteiger charge is -2.11. The van der Waals surface area contributed by atoms with Crippen LogP contribution in [0.2, 0.25) is 0 Å². The number of imidazole rings is 1. The Hall–Kier alpha value is -2.50. The van der Waals surface area contributed by atoms with E-state index in [1.807, 2.05) is 78.9 Å². The normalized spacial score (nSPS) is 10.7. The van der Waals surface area contributed by atoms with E-state index in [0.29, 0.717) is 10.3 Å². The minimum atomic E-state index is -0.150. The predicted molar refractivity (Wildman–Crippen MR) is 115 cm³/mol. The fraction of sp³-hybridized carbons (Fsp3) is 0. The Morgan fingerprint density at radius 3 is 1.93 bits per heavy atom. The SMILES string of the molecule is O=C(c1ccccc1Br)n1c(Br)nc(-c2ccccc2)c1-c1ccccc1. The lowest BCUT2D eigenvalue weighted by molar-refractivity contribution is 0.0958. The van der Waals surface area contributed by atoms with E-state index in [-0.39, 0.29) is 5.91 Å². The Balaban J connectivity index is 1.99. The number of carbonyl (C=O) groups is 1. The van der Waals surface area contributed by atoms with Gasteiger partial charge in [-0.05, 0) is 44.0 Å². The molecule has 0 saturated heterocycles. The lowest BCUT2D eigenvalue weighted by atomic mass is 10.0. The summed E-state index contributed by atoms with van der Waals surface area (Å²) >= 11 is 6.98. The fourth-order valence-electron chi connectivity index (χ4n) is 2.99. The second-order valence-corrected chi connectivity index (χ2v) is 7.49. The van der Waals surface area contributed by atoms with Crippen LogP contribution in [0.15, 0.2) is 94.1 Å². The number of aromatic nitrogens is 2. The molecule has 0 aliphatic heterocycles. The minimum Gasteiger partial charge on any atom is -0.268 e. The lowest BCUT2D eigenvalue weighted by Crippen LogP contribution is -2.14. The van der Waals surface area contributed by atoms with Gasteiger partial charge in [0.2, 0.25) is 0 Å². The number of hydrogen-bond acceptors (Lipinski definition) is 2. The minimum absolute atomic E-state index is 0.150. The van der Waals surface area contributed by atoms with Crippen molar-refractivity contribution in [2.24, 2.45) is 0 Å². The second-order valence-electron chi connectivity index (χ2n) is 5.93. The van der Waals surface area contributed by atoms with E-state index in [1.54, 1.807) is 10.6 Å². The quantitative estimate of drug-likeness (QED) is 0.338. The van der Waals surface area contributed by atoms with E-state index in [1.165, 1.54) is 0 Å². The largest absolute Gasteiger partial charge is 0.268 e.